The second-order valence-electron chi connectivity index (χ2n) is 6.22. The summed E-state index contributed by atoms with van der Waals surface area (Å²) in [7, 11) is 0. The van der Waals surface area contributed by atoms with Gasteiger partial charge in [0.2, 0.25) is 5.91 Å². The Morgan fingerprint density at radius 1 is 1.00 bits per heavy atom. The zero-order chi connectivity index (χ0) is 15.4. The summed E-state index contributed by atoms with van der Waals surface area (Å²) in [5, 5.41) is 0. The van der Waals surface area contributed by atoms with E-state index < -0.39 is 0 Å². The lowest BCUT2D eigenvalue weighted by molar-refractivity contribution is -0.132. The maximum Gasteiger partial charge on any atom is 0.223 e. The molecule has 0 atom stereocenters. The number of amides is 1. The zero-order valence-electron chi connectivity index (χ0n) is 13.2. The lowest BCUT2D eigenvalue weighted by Gasteiger charge is -2.22. The summed E-state index contributed by atoms with van der Waals surface area (Å²) in [4.78, 5) is 14.7. The highest BCUT2D eigenvalue weighted by molar-refractivity contribution is 5.77. The van der Waals surface area contributed by atoms with E-state index in [1.165, 1.54) is 16.7 Å². The van der Waals surface area contributed by atoms with Crippen LogP contribution in [0.5, 0.6) is 0 Å². The highest BCUT2D eigenvalue weighted by Crippen LogP contribution is 2.29. The standard InChI is InChI=1S/C20H23NO/c1-16-7-9-17(10-8-16)11-14-20(22)21(19-12-13-19)15-18-5-3-2-4-6-18/h2-10,19H,11-15H2,1H3. The quantitative estimate of drug-likeness (QED) is 0.784. The van der Waals surface area contributed by atoms with E-state index >= 15 is 0 Å². The minimum Gasteiger partial charge on any atom is -0.335 e. The van der Waals surface area contributed by atoms with Crippen molar-refractivity contribution in [2.75, 3.05) is 0 Å². The highest BCUT2D eigenvalue weighted by atomic mass is 16.2. The third kappa shape index (κ3) is 3.97. The van der Waals surface area contributed by atoms with Crippen LogP contribution in [0, 0.1) is 6.92 Å². The molecule has 1 amide bonds. The first-order chi connectivity index (χ1) is 10.7. The molecule has 114 valence electrons. The summed E-state index contributed by atoms with van der Waals surface area (Å²) in [6, 6.07) is 19.2. The monoisotopic (exact) mass is 293 g/mol. The Bertz CT molecular complexity index is 614. The summed E-state index contributed by atoms with van der Waals surface area (Å²) in [5.74, 6) is 0.284. The fourth-order valence-corrected chi connectivity index (χ4v) is 2.74. The summed E-state index contributed by atoms with van der Waals surface area (Å²) in [6.45, 7) is 2.84. The maximum absolute atomic E-state index is 12.6. The maximum atomic E-state index is 12.6. The number of aryl methyl sites for hydroxylation is 2. The molecule has 1 fully saturated rings. The van der Waals surface area contributed by atoms with Gasteiger partial charge in [0.05, 0.1) is 0 Å². The molecule has 0 aliphatic heterocycles. The minimum atomic E-state index is 0.284. The van der Waals surface area contributed by atoms with Crippen LogP contribution in [0.1, 0.15) is 36.0 Å². The molecule has 2 nitrogen and oxygen atoms in total. The smallest absolute Gasteiger partial charge is 0.223 e. The van der Waals surface area contributed by atoms with Crippen molar-refractivity contribution in [3.05, 3.63) is 71.3 Å². The van der Waals surface area contributed by atoms with Gasteiger partial charge in [-0.05, 0) is 37.3 Å². The van der Waals surface area contributed by atoms with E-state index in [2.05, 4.69) is 48.2 Å². The third-order valence-electron chi connectivity index (χ3n) is 4.25. The molecule has 0 bridgehead atoms. The van der Waals surface area contributed by atoms with Crippen LogP contribution in [0.3, 0.4) is 0 Å². The van der Waals surface area contributed by atoms with Gasteiger partial charge in [0.1, 0.15) is 0 Å². The summed E-state index contributed by atoms with van der Waals surface area (Å²) < 4.78 is 0. The van der Waals surface area contributed by atoms with Gasteiger partial charge in [-0.3, -0.25) is 4.79 Å². The van der Waals surface area contributed by atoms with Gasteiger partial charge >= 0.3 is 0 Å². The average molecular weight is 293 g/mol. The second kappa shape index (κ2) is 6.78. The second-order valence-corrected chi connectivity index (χ2v) is 6.22. The van der Waals surface area contributed by atoms with Gasteiger partial charge in [0.15, 0.2) is 0 Å². The number of benzene rings is 2. The number of hydrogen-bond donors (Lipinski definition) is 0. The molecule has 0 spiro atoms. The number of carbonyl (C=O) groups is 1. The van der Waals surface area contributed by atoms with E-state index in [4.69, 9.17) is 0 Å². The van der Waals surface area contributed by atoms with Gasteiger partial charge in [0, 0.05) is 19.0 Å². The highest BCUT2D eigenvalue weighted by Gasteiger charge is 2.32. The molecular formula is C20H23NO. The van der Waals surface area contributed by atoms with Crippen molar-refractivity contribution in [1.29, 1.82) is 0 Å². The van der Waals surface area contributed by atoms with Crippen molar-refractivity contribution < 1.29 is 4.79 Å². The van der Waals surface area contributed by atoms with Crippen LogP contribution in [-0.2, 0) is 17.8 Å². The zero-order valence-corrected chi connectivity index (χ0v) is 13.2. The van der Waals surface area contributed by atoms with E-state index in [-0.39, 0.29) is 5.91 Å². The van der Waals surface area contributed by atoms with Crippen molar-refractivity contribution in [3.8, 4) is 0 Å². The fraction of sp³-hybridized carbons (Fsp3) is 0.350. The molecule has 0 aromatic heterocycles. The van der Waals surface area contributed by atoms with Crippen LogP contribution < -0.4 is 0 Å². The molecule has 3 rings (SSSR count). The first kappa shape index (κ1) is 14.8. The predicted molar refractivity (Wildman–Crippen MR) is 89.5 cm³/mol. The number of rotatable bonds is 6. The van der Waals surface area contributed by atoms with E-state index in [1.54, 1.807) is 0 Å². The third-order valence-corrected chi connectivity index (χ3v) is 4.25. The fourth-order valence-electron chi connectivity index (χ4n) is 2.74. The number of hydrogen-bond acceptors (Lipinski definition) is 1. The molecule has 0 unspecified atom stereocenters. The minimum absolute atomic E-state index is 0.284. The average Bonchev–Trinajstić information content (AvgIpc) is 3.37. The number of carbonyl (C=O) groups excluding carboxylic acids is 1. The van der Waals surface area contributed by atoms with Crippen LogP contribution >= 0.6 is 0 Å². The van der Waals surface area contributed by atoms with Crippen molar-refractivity contribution in [3.63, 3.8) is 0 Å². The van der Waals surface area contributed by atoms with Gasteiger partial charge in [-0.15, -0.1) is 0 Å². The number of nitrogens with zero attached hydrogens (tertiary/aromatic N) is 1. The lowest BCUT2D eigenvalue weighted by Crippen LogP contribution is -2.32. The van der Waals surface area contributed by atoms with Crippen LogP contribution in [0.4, 0.5) is 0 Å². The van der Waals surface area contributed by atoms with E-state index in [1.807, 2.05) is 18.2 Å². The Morgan fingerprint density at radius 2 is 1.68 bits per heavy atom. The molecule has 0 saturated heterocycles. The summed E-state index contributed by atoms with van der Waals surface area (Å²) >= 11 is 0. The topological polar surface area (TPSA) is 20.3 Å². The van der Waals surface area contributed by atoms with Crippen LogP contribution in [0.15, 0.2) is 54.6 Å². The van der Waals surface area contributed by atoms with Crippen molar-refractivity contribution in [1.82, 2.24) is 4.90 Å². The molecule has 2 aromatic rings. The summed E-state index contributed by atoms with van der Waals surface area (Å²) in [5.41, 5.74) is 3.73. The van der Waals surface area contributed by atoms with E-state index in [0.717, 1.165) is 25.8 Å². The molecule has 0 heterocycles. The van der Waals surface area contributed by atoms with Crippen molar-refractivity contribution in [2.45, 2.75) is 45.2 Å². The SMILES string of the molecule is Cc1ccc(CCC(=O)N(Cc2ccccc2)C2CC2)cc1. The Morgan fingerprint density at radius 3 is 2.32 bits per heavy atom. The normalized spacial score (nSPS) is 13.9. The van der Waals surface area contributed by atoms with Gasteiger partial charge in [-0.25, -0.2) is 0 Å². The first-order valence-electron chi connectivity index (χ1n) is 8.11. The molecule has 1 aliphatic carbocycles. The Labute approximate surface area is 132 Å². The Kier molecular flexibility index (Phi) is 4.57. The van der Waals surface area contributed by atoms with Crippen LogP contribution in [0.25, 0.3) is 0 Å². The Balaban J connectivity index is 1.59. The summed E-state index contributed by atoms with van der Waals surface area (Å²) in [6.07, 6.45) is 3.75. The van der Waals surface area contributed by atoms with Crippen LogP contribution in [0.2, 0.25) is 0 Å². The van der Waals surface area contributed by atoms with Crippen LogP contribution in [-0.4, -0.2) is 16.8 Å². The Hall–Kier alpha value is -2.09. The molecule has 1 aliphatic rings. The van der Waals surface area contributed by atoms with Gasteiger partial charge in [0.25, 0.3) is 0 Å². The molecular weight excluding hydrogens is 270 g/mol. The molecule has 0 radical (unpaired) electrons. The molecule has 2 heteroatoms. The van der Waals surface area contributed by atoms with Gasteiger partial charge in [-0.2, -0.15) is 0 Å². The van der Waals surface area contributed by atoms with E-state index in [9.17, 15) is 4.79 Å². The predicted octanol–water partition coefficient (Wildman–Crippen LogP) is 4.12. The molecule has 1 saturated carbocycles. The molecule has 2 aromatic carbocycles. The largest absolute Gasteiger partial charge is 0.335 e. The van der Waals surface area contributed by atoms with Gasteiger partial charge in [-0.1, -0.05) is 60.2 Å². The molecule has 22 heavy (non-hydrogen) atoms. The first-order valence-corrected chi connectivity index (χ1v) is 8.11. The lowest BCUT2D eigenvalue weighted by atomic mass is 10.1. The van der Waals surface area contributed by atoms with E-state index in [0.29, 0.717) is 12.5 Å². The molecule has 0 N–H and O–H groups in total. The van der Waals surface area contributed by atoms with Gasteiger partial charge < -0.3 is 4.90 Å². The van der Waals surface area contributed by atoms with Crippen molar-refractivity contribution in [2.24, 2.45) is 0 Å². The van der Waals surface area contributed by atoms with Crippen molar-refractivity contribution >= 4 is 5.91 Å².